The monoisotopic (exact) mass is 331 g/mol. The Hall–Kier alpha value is -2.75. The summed E-state index contributed by atoms with van der Waals surface area (Å²) >= 11 is 0. The van der Waals surface area contributed by atoms with Crippen molar-refractivity contribution < 1.29 is 4.79 Å². The summed E-state index contributed by atoms with van der Waals surface area (Å²) in [6, 6.07) is 15.7. The third-order valence-electron chi connectivity index (χ3n) is 5.00. The minimum atomic E-state index is -0.0973. The summed E-state index contributed by atoms with van der Waals surface area (Å²) in [5.74, 6) is 0.566. The van der Waals surface area contributed by atoms with E-state index in [2.05, 4.69) is 27.6 Å². The molecule has 0 saturated heterocycles. The molecule has 0 spiro atoms. The van der Waals surface area contributed by atoms with E-state index >= 15 is 0 Å². The lowest BCUT2D eigenvalue weighted by molar-refractivity contribution is 0.102. The first-order valence-electron chi connectivity index (χ1n) is 8.85. The third kappa shape index (κ3) is 3.25. The molecule has 25 heavy (non-hydrogen) atoms. The van der Waals surface area contributed by atoms with Gasteiger partial charge in [0.05, 0.1) is 16.9 Å². The van der Waals surface area contributed by atoms with E-state index in [0.717, 1.165) is 22.3 Å². The predicted molar refractivity (Wildman–Crippen MR) is 99.9 cm³/mol. The van der Waals surface area contributed by atoms with E-state index in [9.17, 15) is 4.79 Å². The summed E-state index contributed by atoms with van der Waals surface area (Å²) in [6.07, 6.45) is 5.16. The molecule has 126 valence electrons. The second-order valence-corrected chi connectivity index (χ2v) is 6.78. The van der Waals surface area contributed by atoms with E-state index in [4.69, 9.17) is 0 Å². The molecule has 1 heterocycles. The molecule has 1 amide bonds. The van der Waals surface area contributed by atoms with Gasteiger partial charge in [-0.15, -0.1) is 0 Å². The minimum absolute atomic E-state index is 0.0973. The Balaban J connectivity index is 1.57. The van der Waals surface area contributed by atoms with Crippen LogP contribution in [0.1, 0.15) is 53.2 Å². The minimum Gasteiger partial charge on any atom is -0.321 e. The summed E-state index contributed by atoms with van der Waals surface area (Å²) in [5, 5.41) is 12.2. The Bertz CT molecular complexity index is 912. The molecular formula is C21H21N3O. The van der Waals surface area contributed by atoms with Crippen LogP contribution in [0.25, 0.3) is 10.9 Å². The molecule has 1 aromatic heterocycles. The van der Waals surface area contributed by atoms with Gasteiger partial charge in [-0.25, -0.2) is 0 Å². The maximum atomic E-state index is 12.6. The molecule has 0 aliphatic heterocycles. The number of fused-ring (bicyclic) bond motifs is 1. The van der Waals surface area contributed by atoms with Crippen molar-refractivity contribution in [2.24, 2.45) is 0 Å². The molecular weight excluding hydrogens is 310 g/mol. The maximum absolute atomic E-state index is 12.6. The fourth-order valence-electron chi connectivity index (χ4n) is 3.63. The summed E-state index contributed by atoms with van der Waals surface area (Å²) in [4.78, 5) is 12.6. The van der Waals surface area contributed by atoms with Gasteiger partial charge in [0.25, 0.3) is 5.91 Å². The lowest BCUT2D eigenvalue weighted by Gasteiger charge is -2.11. The van der Waals surface area contributed by atoms with E-state index in [0.29, 0.717) is 11.5 Å². The number of aromatic nitrogens is 2. The molecule has 2 aromatic carbocycles. The highest BCUT2D eigenvalue weighted by molar-refractivity contribution is 6.08. The topological polar surface area (TPSA) is 54.9 Å². The van der Waals surface area contributed by atoms with E-state index in [1.807, 2.05) is 43.3 Å². The molecule has 4 rings (SSSR count). The number of anilines is 1. The zero-order chi connectivity index (χ0) is 17.2. The summed E-state index contributed by atoms with van der Waals surface area (Å²) < 4.78 is 0. The van der Waals surface area contributed by atoms with Crippen LogP contribution >= 0.6 is 0 Å². The summed E-state index contributed by atoms with van der Waals surface area (Å²) in [6.45, 7) is 1.90. The second kappa shape index (κ2) is 6.63. The van der Waals surface area contributed by atoms with Gasteiger partial charge in [0.15, 0.2) is 0 Å². The van der Waals surface area contributed by atoms with Crippen LogP contribution in [0.2, 0.25) is 0 Å². The molecule has 0 bridgehead atoms. The smallest absolute Gasteiger partial charge is 0.255 e. The van der Waals surface area contributed by atoms with Crippen molar-refractivity contribution >= 4 is 22.5 Å². The van der Waals surface area contributed by atoms with Gasteiger partial charge in [-0.1, -0.05) is 31.0 Å². The van der Waals surface area contributed by atoms with Crippen molar-refractivity contribution in [3.8, 4) is 0 Å². The van der Waals surface area contributed by atoms with Gasteiger partial charge < -0.3 is 5.32 Å². The molecule has 4 nitrogen and oxygen atoms in total. The number of rotatable bonds is 3. The van der Waals surface area contributed by atoms with Crippen LogP contribution in [-0.4, -0.2) is 16.1 Å². The van der Waals surface area contributed by atoms with E-state index in [1.54, 1.807) is 0 Å². The van der Waals surface area contributed by atoms with E-state index < -0.39 is 0 Å². The van der Waals surface area contributed by atoms with Gasteiger partial charge in [0.1, 0.15) is 0 Å². The van der Waals surface area contributed by atoms with Gasteiger partial charge in [0, 0.05) is 10.9 Å². The summed E-state index contributed by atoms with van der Waals surface area (Å²) in [5.41, 5.74) is 4.40. The first-order chi connectivity index (χ1) is 12.2. The number of carbonyl (C=O) groups is 1. The number of nitrogens with one attached hydrogen (secondary N) is 1. The number of nitrogens with zero attached hydrogens (tertiary/aromatic N) is 2. The van der Waals surface area contributed by atoms with E-state index in [1.165, 1.54) is 31.2 Å². The van der Waals surface area contributed by atoms with Crippen molar-refractivity contribution in [3.63, 3.8) is 0 Å². The molecule has 0 unspecified atom stereocenters. The van der Waals surface area contributed by atoms with E-state index in [-0.39, 0.29) is 5.91 Å². The zero-order valence-electron chi connectivity index (χ0n) is 14.3. The molecule has 4 heteroatoms. The van der Waals surface area contributed by atoms with Crippen molar-refractivity contribution in [2.75, 3.05) is 5.32 Å². The largest absolute Gasteiger partial charge is 0.321 e. The van der Waals surface area contributed by atoms with Crippen LogP contribution in [0.4, 0.5) is 5.69 Å². The molecule has 1 aliphatic carbocycles. The maximum Gasteiger partial charge on any atom is 0.255 e. The fraction of sp³-hybridized carbons (Fsp3) is 0.286. The number of amides is 1. The highest BCUT2D eigenvalue weighted by Crippen LogP contribution is 2.34. The second-order valence-electron chi connectivity index (χ2n) is 6.78. The first kappa shape index (κ1) is 15.8. The Morgan fingerprint density at radius 3 is 2.56 bits per heavy atom. The van der Waals surface area contributed by atoms with Crippen molar-refractivity contribution in [2.45, 2.75) is 38.5 Å². The van der Waals surface area contributed by atoms with Crippen LogP contribution in [0.15, 0.2) is 48.5 Å². The Morgan fingerprint density at radius 2 is 1.80 bits per heavy atom. The van der Waals surface area contributed by atoms with Crippen molar-refractivity contribution in [1.29, 1.82) is 0 Å². The van der Waals surface area contributed by atoms with Gasteiger partial charge in [0.2, 0.25) is 0 Å². The molecule has 1 fully saturated rings. The van der Waals surface area contributed by atoms with Gasteiger partial charge in [-0.3, -0.25) is 4.79 Å². The van der Waals surface area contributed by atoms with Crippen LogP contribution in [0.5, 0.6) is 0 Å². The van der Waals surface area contributed by atoms with Gasteiger partial charge >= 0.3 is 0 Å². The highest BCUT2D eigenvalue weighted by atomic mass is 16.1. The Morgan fingerprint density at radius 1 is 1.04 bits per heavy atom. The standard InChI is InChI=1S/C21H21N3O/c1-14-13-18-19(7-4-8-20(18)24-23-14)22-21(25)17-11-9-16(10-12-17)15-5-2-3-6-15/h4,7-13,15H,2-3,5-6H2,1H3,(H,22,25). The normalized spacial score (nSPS) is 14.8. The van der Waals surface area contributed by atoms with Gasteiger partial charge in [-0.05, 0) is 61.6 Å². The SMILES string of the molecule is Cc1cc2c(NC(=O)c3ccc(C4CCCC4)cc3)cccc2nn1. The van der Waals surface area contributed by atoms with Crippen molar-refractivity contribution in [1.82, 2.24) is 10.2 Å². The van der Waals surface area contributed by atoms with Crippen LogP contribution in [-0.2, 0) is 0 Å². The quantitative estimate of drug-likeness (QED) is 0.746. The lowest BCUT2D eigenvalue weighted by atomic mass is 9.96. The Kier molecular flexibility index (Phi) is 4.18. The highest BCUT2D eigenvalue weighted by Gasteiger charge is 2.17. The van der Waals surface area contributed by atoms with Crippen LogP contribution in [0.3, 0.4) is 0 Å². The fourth-order valence-corrected chi connectivity index (χ4v) is 3.63. The summed E-state index contributed by atoms with van der Waals surface area (Å²) in [7, 11) is 0. The molecule has 1 saturated carbocycles. The Labute approximate surface area is 147 Å². The number of aryl methyl sites for hydroxylation is 1. The molecule has 0 radical (unpaired) electrons. The molecule has 1 N–H and O–H groups in total. The third-order valence-corrected chi connectivity index (χ3v) is 5.00. The average molecular weight is 331 g/mol. The van der Waals surface area contributed by atoms with Crippen LogP contribution < -0.4 is 5.32 Å². The van der Waals surface area contributed by atoms with Crippen LogP contribution in [0, 0.1) is 6.92 Å². The number of hydrogen-bond acceptors (Lipinski definition) is 3. The zero-order valence-corrected chi connectivity index (χ0v) is 14.3. The average Bonchev–Trinajstić information content (AvgIpc) is 3.17. The molecule has 0 atom stereocenters. The number of carbonyl (C=O) groups excluding carboxylic acids is 1. The first-order valence-corrected chi connectivity index (χ1v) is 8.85. The molecule has 3 aromatic rings. The number of benzene rings is 2. The lowest BCUT2D eigenvalue weighted by Crippen LogP contribution is -2.12. The van der Waals surface area contributed by atoms with Crippen molar-refractivity contribution in [3.05, 3.63) is 65.4 Å². The predicted octanol–water partition coefficient (Wildman–Crippen LogP) is 4.85. The van der Waals surface area contributed by atoms with Gasteiger partial charge in [-0.2, -0.15) is 10.2 Å². The number of hydrogen-bond donors (Lipinski definition) is 1. The molecule has 1 aliphatic rings.